The van der Waals surface area contributed by atoms with E-state index >= 15 is 0 Å². The molecule has 4 N–H and O–H groups in total. The molecule has 2 amide bonds. The Hall–Kier alpha value is -0.770. The lowest BCUT2D eigenvalue weighted by atomic mass is 10.1. The minimum atomic E-state index is -0.320. The van der Waals surface area contributed by atoms with Gasteiger partial charge in [-0.05, 0) is 39.3 Å². The van der Waals surface area contributed by atoms with Gasteiger partial charge in [0.15, 0.2) is 5.96 Å². The number of urea groups is 1. The number of hydrogen-bond acceptors (Lipinski definition) is 3. The molecule has 0 atom stereocenters. The van der Waals surface area contributed by atoms with E-state index < -0.39 is 0 Å². The number of rotatable bonds is 8. The van der Waals surface area contributed by atoms with Crippen LogP contribution in [0.15, 0.2) is 4.99 Å². The third-order valence-corrected chi connectivity index (χ3v) is 4.16. The number of nitrogens with one attached hydrogen (secondary N) is 2. The highest BCUT2D eigenvalue weighted by atomic mass is 127. The number of likely N-dealkylation sites (N-methyl/N-ethyl adjacent to an activating group) is 1. The molecule has 0 aromatic rings. The Balaban J connectivity index is 0.00000529. The van der Waals surface area contributed by atoms with Crippen molar-refractivity contribution in [3.63, 3.8) is 0 Å². The summed E-state index contributed by atoms with van der Waals surface area (Å²) in [6.07, 6.45) is 2.99. The van der Waals surface area contributed by atoms with Crippen LogP contribution in [0.5, 0.6) is 0 Å². The molecule has 1 aliphatic heterocycles. The third-order valence-electron chi connectivity index (χ3n) is 4.16. The van der Waals surface area contributed by atoms with Gasteiger partial charge in [-0.2, -0.15) is 0 Å². The SMILES string of the molecule is CCCN(CC)CCN=C(NCC)NC1CCN(C(N)=O)CC1.I. The molecule has 0 spiro atoms. The topological polar surface area (TPSA) is 86.0 Å². The van der Waals surface area contributed by atoms with Gasteiger partial charge in [-0.3, -0.25) is 4.99 Å². The fourth-order valence-corrected chi connectivity index (χ4v) is 2.81. The molecule has 8 heteroatoms. The second kappa shape index (κ2) is 13.5. The molecule has 0 aliphatic carbocycles. The number of nitrogens with two attached hydrogens (primary N) is 1. The van der Waals surface area contributed by atoms with Crippen molar-refractivity contribution in [2.45, 2.75) is 46.1 Å². The molecular weight excluding hydrogens is 419 g/mol. The van der Waals surface area contributed by atoms with Gasteiger partial charge in [0.05, 0.1) is 6.54 Å². The monoisotopic (exact) mass is 454 g/mol. The average Bonchev–Trinajstić information content (AvgIpc) is 2.54. The van der Waals surface area contributed by atoms with E-state index in [2.05, 4.69) is 41.3 Å². The first-order chi connectivity index (χ1) is 11.1. The van der Waals surface area contributed by atoms with Crippen LogP contribution in [0.1, 0.15) is 40.0 Å². The summed E-state index contributed by atoms with van der Waals surface area (Å²) in [7, 11) is 0. The van der Waals surface area contributed by atoms with Crippen LogP contribution in [-0.4, -0.2) is 73.6 Å². The van der Waals surface area contributed by atoms with Gasteiger partial charge in [-0.25, -0.2) is 4.79 Å². The van der Waals surface area contributed by atoms with E-state index in [-0.39, 0.29) is 30.0 Å². The van der Waals surface area contributed by atoms with Crippen LogP contribution in [0.4, 0.5) is 4.79 Å². The Kier molecular flexibility index (Phi) is 13.1. The number of piperidine rings is 1. The number of aliphatic imine (C=N–C) groups is 1. The van der Waals surface area contributed by atoms with Gasteiger partial charge in [-0.15, -0.1) is 24.0 Å². The highest BCUT2D eigenvalue weighted by Gasteiger charge is 2.21. The number of hydrogen-bond donors (Lipinski definition) is 3. The van der Waals surface area contributed by atoms with Crippen LogP contribution in [-0.2, 0) is 0 Å². The van der Waals surface area contributed by atoms with E-state index in [9.17, 15) is 4.79 Å². The van der Waals surface area contributed by atoms with Crippen molar-refractivity contribution < 1.29 is 4.79 Å². The van der Waals surface area contributed by atoms with E-state index in [1.807, 2.05) is 0 Å². The zero-order valence-electron chi connectivity index (χ0n) is 15.4. The summed E-state index contributed by atoms with van der Waals surface area (Å²) in [4.78, 5) is 20.0. The van der Waals surface area contributed by atoms with Gasteiger partial charge < -0.3 is 26.2 Å². The first-order valence-electron chi connectivity index (χ1n) is 8.92. The van der Waals surface area contributed by atoms with Crippen LogP contribution in [0.25, 0.3) is 0 Å². The van der Waals surface area contributed by atoms with Gasteiger partial charge in [-0.1, -0.05) is 13.8 Å². The number of primary amides is 1. The van der Waals surface area contributed by atoms with Crippen LogP contribution >= 0.6 is 24.0 Å². The first kappa shape index (κ1) is 23.2. The molecule has 1 rings (SSSR count). The lowest BCUT2D eigenvalue weighted by molar-refractivity contribution is 0.188. The van der Waals surface area contributed by atoms with Crippen molar-refractivity contribution in [3.05, 3.63) is 0 Å². The average molecular weight is 454 g/mol. The van der Waals surface area contributed by atoms with Crippen molar-refractivity contribution in [1.82, 2.24) is 20.4 Å². The maximum atomic E-state index is 11.2. The highest BCUT2D eigenvalue weighted by molar-refractivity contribution is 14.0. The van der Waals surface area contributed by atoms with Crippen LogP contribution in [0.3, 0.4) is 0 Å². The third kappa shape index (κ3) is 8.91. The Bertz CT molecular complexity index is 372. The predicted octanol–water partition coefficient (Wildman–Crippen LogP) is 1.43. The highest BCUT2D eigenvalue weighted by Crippen LogP contribution is 2.09. The Morgan fingerprint density at radius 2 is 1.92 bits per heavy atom. The molecule has 0 aromatic carbocycles. The smallest absolute Gasteiger partial charge is 0.314 e. The van der Waals surface area contributed by atoms with Crippen molar-refractivity contribution in [2.75, 3.05) is 45.8 Å². The molecule has 1 aliphatic rings. The number of carbonyl (C=O) groups is 1. The van der Waals surface area contributed by atoms with Crippen molar-refractivity contribution >= 4 is 36.0 Å². The normalized spacial score (nSPS) is 16.0. The van der Waals surface area contributed by atoms with Crippen LogP contribution in [0, 0.1) is 0 Å². The molecule has 1 heterocycles. The molecule has 0 radical (unpaired) electrons. The molecule has 1 saturated heterocycles. The van der Waals surface area contributed by atoms with Crippen LogP contribution in [0.2, 0.25) is 0 Å². The number of likely N-dealkylation sites (tertiary alicyclic amines) is 1. The lowest BCUT2D eigenvalue weighted by Crippen LogP contribution is -2.50. The fourth-order valence-electron chi connectivity index (χ4n) is 2.81. The molecule has 0 saturated carbocycles. The largest absolute Gasteiger partial charge is 0.357 e. The minimum Gasteiger partial charge on any atom is -0.357 e. The predicted molar refractivity (Wildman–Crippen MR) is 111 cm³/mol. The lowest BCUT2D eigenvalue weighted by Gasteiger charge is -2.32. The summed E-state index contributed by atoms with van der Waals surface area (Å²) < 4.78 is 0. The molecule has 142 valence electrons. The number of carbonyl (C=O) groups excluding carboxylic acids is 1. The molecule has 7 nitrogen and oxygen atoms in total. The minimum absolute atomic E-state index is 0. The maximum absolute atomic E-state index is 11.2. The fraction of sp³-hybridized carbons (Fsp3) is 0.875. The van der Waals surface area contributed by atoms with Crippen molar-refractivity contribution in [1.29, 1.82) is 0 Å². The van der Waals surface area contributed by atoms with E-state index in [0.29, 0.717) is 19.1 Å². The summed E-state index contributed by atoms with van der Waals surface area (Å²) in [5, 5.41) is 6.78. The summed E-state index contributed by atoms with van der Waals surface area (Å²) in [5.41, 5.74) is 5.32. The van der Waals surface area contributed by atoms with Crippen molar-refractivity contribution in [2.24, 2.45) is 10.7 Å². The van der Waals surface area contributed by atoms with E-state index in [1.165, 1.54) is 6.42 Å². The Morgan fingerprint density at radius 3 is 2.42 bits per heavy atom. The molecule has 0 aromatic heterocycles. The molecule has 0 unspecified atom stereocenters. The van der Waals surface area contributed by atoms with Gasteiger partial charge in [0, 0.05) is 32.2 Å². The zero-order valence-corrected chi connectivity index (χ0v) is 17.7. The summed E-state index contributed by atoms with van der Waals surface area (Å²) >= 11 is 0. The molecule has 0 bridgehead atoms. The quantitative estimate of drug-likeness (QED) is 0.294. The molecule has 24 heavy (non-hydrogen) atoms. The Labute approximate surface area is 163 Å². The van der Waals surface area contributed by atoms with Crippen molar-refractivity contribution in [3.8, 4) is 0 Å². The van der Waals surface area contributed by atoms with Gasteiger partial charge in [0.1, 0.15) is 0 Å². The summed E-state index contributed by atoms with van der Waals surface area (Å²) in [6, 6.07) is 0.0286. The zero-order chi connectivity index (χ0) is 17.1. The van der Waals surface area contributed by atoms with Gasteiger partial charge in [0.2, 0.25) is 0 Å². The summed E-state index contributed by atoms with van der Waals surface area (Å²) in [6.45, 7) is 12.7. The number of halogens is 1. The number of guanidine groups is 1. The number of amides is 2. The van der Waals surface area contributed by atoms with Gasteiger partial charge in [0.25, 0.3) is 0 Å². The van der Waals surface area contributed by atoms with E-state index in [4.69, 9.17) is 5.73 Å². The molecular formula is C16H35IN6O. The van der Waals surface area contributed by atoms with Crippen LogP contribution < -0.4 is 16.4 Å². The first-order valence-corrected chi connectivity index (χ1v) is 8.92. The molecule has 1 fully saturated rings. The number of nitrogens with zero attached hydrogens (tertiary/aromatic N) is 3. The van der Waals surface area contributed by atoms with Gasteiger partial charge >= 0.3 is 6.03 Å². The van der Waals surface area contributed by atoms with E-state index in [0.717, 1.165) is 51.5 Å². The second-order valence-corrected chi connectivity index (χ2v) is 5.94. The summed E-state index contributed by atoms with van der Waals surface area (Å²) in [5.74, 6) is 0.873. The van der Waals surface area contributed by atoms with E-state index in [1.54, 1.807) is 4.90 Å². The Morgan fingerprint density at radius 1 is 1.25 bits per heavy atom. The maximum Gasteiger partial charge on any atom is 0.314 e. The second-order valence-electron chi connectivity index (χ2n) is 5.94. The standard InChI is InChI=1S/C16H34N6O.HI/c1-4-10-21(6-3)13-9-19-16(18-5-2)20-14-7-11-22(12-8-14)15(17)23;/h14H,4-13H2,1-3H3,(H2,17,23)(H2,18,19,20);1H.